The van der Waals surface area contributed by atoms with Crippen molar-refractivity contribution in [3.05, 3.63) is 93.3 Å². The number of thioether (sulfide) groups is 1. The Balaban J connectivity index is 1.57. The zero-order chi connectivity index (χ0) is 24.7. The van der Waals surface area contributed by atoms with Gasteiger partial charge in [0.2, 0.25) is 11.5 Å². The molecule has 0 aliphatic carbocycles. The van der Waals surface area contributed by atoms with E-state index in [1.165, 1.54) is 16.3 Å². The average molecular weight is 484 g/mol. The molecule has 0 aliphatic heterocycles. The number of aryl methyl sites for hydroxylation is 4. The molecule has 5 rings (SSSR count). The van der Waals surface area contributed by atoms with Crippen molar-refractivity contribution in [2.24, 2.45) is 0 Å². The number of para-hydroxylation sites is 1. The van der Waals surface area contributed by atoms with E-state index in [0.29, 0.717) is 21.9 Å². The van der Waals surface area contributed by atoms with Crippen LogP contribution >= 0.6 is 11.8 Å². The number of nitrogens with one attached hydrogen (secondary N) is 1. The third-order valence-electron chi connectivity index (χ3n) is 6.11. The largest absolute Gasteiger partial charge is 0.448 e. The van der Waals surface area contributed by atoms with E-state index in [-0.39, 0.29) is 22.8 Å². The SMILES string of the molecule is Cc1ccc(C)c(NC(=O)CSc2nc3c(oc4ccccc43)c(=O)n2-c2ccc(C)c(C)c2)c1. The van der Waals surface area contributed by atoms with Crippen LogP contribution in [0.2, 0.25) is 0 Å². The second-order valence-electron chi connectivity index (χ2n) is 8.73. The number of carbonyl (C=O) groups is 1. The van der Waals surface area contributed by atoms with E-state index < -0.39 is 0 Å². The number of amides is 1. The number of aromatic nitrogens is 2. The van der Waals surface area contributed by atoms with Gasteiger partial charge < -0.3 is 9.73 Å². The minimum atomic E-state index is -0.299. The van der Waals surface area contributed by atoms with Crippen molar-refractivity contribution in [3.8, 4) is 5.69 Å². The van der Waals surface area contributed by atoms with Crippen LogP contribution in [0, 0.1) is 27.7 Å². The van der Waals surface area contributed by atoms with Crippen molar-refractivity contribution < 1.29 is 9.21 Å². The summed E-state index contributed by atoms with van der Waals surface area (Å²) in [5, 5.41) is 4.19. The molecule has 0 aliphatic rings. The van der Waals surface area contributed by atoms with Gasteiger partial charge in [-0.1, -0.05) is 42.1 Å². The molecular formula is C28H25N3O3S. The van der Waals surface area contributed by atoms with Gasteiger partial charge in [0.15, 0.2) is 5.16 Å². The molecule has 7 heteroatoms. The Morgan fingerprint density at radius 3 is 2.54 bits per heavy atom. The van der Waals surface area contributed by atoms with Crippen LogP contribution in [0.5, 0.6) is 0 Å². The third-order valence-corrected chi connectivity index (χ3v) is 7.05. The van der Waals surface area contributed by atoms with Crippen molar-refractivity contribution in [2.45, 2.75) is 32.9 Å². The number of benzene rings is 3. The summed E-state index contributed by atoms with van der Waals surface area (Å²) in [4.78, 5) is 31.3. The Kier molecular flexibility index (Phi) is 5.94. The number of furan rings is 1. The Labute approximate surface area is 207 Å². The highest BCUT2D eigenvalue weighted by atomic mass is 32.2. The molecule has 35 heavy (non-hydrogen) atoms. The number of hydrogen-bond donors (Lipinski definition) is 1. The van der Waals surface area contributed by atoms with E-state index in [2.05, 4.69) is 5.32 Å². The molecular weight excluding hydrogens is 458 g/mol. The van der Waals surface area contributed by atoms with Crippen LogP contribution in [0.15, 0.2) is 75.0 Å². The molecule has 2 heterocycles. The van der Waals surface area contributed by atoms with Gasteiger partial charge in [-0.2, -0.15) is 0 Å². The Morgan fingerprint density at radius 2 is 1.74 bits per heavy atom. The fourth-order valence-corrected chi connectivity index (χ4v) is 4.80. The first kappa shape index (κ1) is 22.9. The van der Waals surface area contributed by atoms with Gasteiger partial charge in [0.1, 0.15) is 11.1 Å². The molecule has 0 spiro atoms. The van der Waals surface area contributed by atoms with Crippen LogP contribution in [0.4, 0.5) is 5.69 Å². The number of nitrogens with zero attached hydrogens (tertiary/aromatic N) is 2. The van der Waals surface area contributed by atoms with E-state index in [1.807, 2.05) is 88.4 Å². The molecule has 1 N–H and O–H groups in total. The third kappa shape index (κ3) is 4.35. The topological polar surface area (TPSA) is 77.1 Å². The lowest BCUT2D eigenvalue weighted by molar-refractivity contribution is -0.113. The second-order valence-corrected chi connectivity index (χ2v) is 9.68. The highest BCUT2D eigenvalue weighted by Gasteiger charge is 2.20. The van der Waals surface area contributed by atoms with E-state index in [9.17, 15) is 9.59 Å². The highest BCUT2D eigenvalue weighted by Crippen LogP contribution is 2.29. The van der Waals surface area contributed by atoms with Gasteiger partial charge in [0.05, 0.1) is 11.4 Å². The van der Waals surface area contributed by atoms with Gasteiger partial charge in [-0.05, 0) is 80.3 Å². The average Bonchev–Trinajstić information content (AvgIpc) is 3.21. The molecule has 3 aromatic carbocycles. The summed E-state index contributed by atoms with van der Waals surface area (Å²) >= 11 is 1.23. The summed E-state index contributed by atoms with van der Waals surface area (Å²) in [7, 11) is 0. The van der Waals surface area contributed by atoms with Gasteiger partial charge in [0.25, 0.3) is 0 Å². The van der Waals surface area contributed by atoms with Crippen molar-refractivity contribution in [1.82, 2.24) is 9.55 Å². The summed E-state index contributed by atoms with van der Waals surface area (Å²) in [6, 6.07) is 19.2. The first-order chi connectivity index (χ1) is 16.8. The monoisotopic (exact) mass is 483 g/mol. The quantitative estimate of drug-likeness (QED) is 0.242. The lowest BCUT2D eigenvalue weighted by Gasteiger charge is -2.13. The molecule has 0 saturated heterocycles. The fraction of sp³-hybridized carbons (Fsp3) is 0.179. The maximum Gasteiger partial charge on any atom is 0.302 e. The maximum absolute atomic E-state index is 13.6. The Bertz CT molecular complexity index is 1670. The lowest BCUT2D eigenvalue weighted by Crippen LogP contribution is -2.22. The summed E-state index contributed by atoms with van der Waals surface area (Å²) in [5.41, 5.74) is 6.73. The Hall–Kier alpha value is -3.84. The normalized spacial score (nSPS) is 11.3. The van der Waals surface area contributed by atoms with Crippen molar-refractivity contribution in [2.75, 3.05) is 11.1 Å². The van der Waals surface area contributed by atoms with Crippen LogP contribution in [-0.2, 0) is 4.79 Å². The molecule has 0 saturated carbocycles. The minimum absolute atomic E-state index is 0.103. The van der Waals surface area contributed by atoms with Gasteiger partial charge >= 0.3 is 5.56 Å². The molecule has 0 unspecified atom stereocenters. The Morgan fingerprint density at radius 1 is 0.971 bits per heavy atom. The zero-order valence-corrected chi connectivity index (χ0v) is 20.8. The number of fused-ring (bicyclic) bond motifs is 3. The van der Waals surface area contributed by atoms with Crippen molar-refractivity contribution in [1.29, 1.82) is 0 Å². The molecule has 5 aromatic rings. The zero-order valence-electron chi connectivity index (χ0n) is 20.0. The summed E-state index contributed by atoms with van der Waals surface area (Å²) in [6.45, 7) is 7.97. The van der Waals surface area contributed by atoms with Crippen molar-refractivity contribution in [3.63, 3.8) is 0 Å². The molecule has 0 atom stereocenters. The number of rotatable bonds is 5. The first-order valence-corrected chi connectivity index (χ1v) is 12.3. The van der Waals surface area contributed by atoms with Crippen LogP contribution in [0.1, 0.15) is 22.3 Å². The molecule has 0 bridgehead atoms. The van der Waals surface area contributed by atoms with Crippen LogP contribution < -0.4 is 10.9 Å². The van der Waals surface area contributed by atoms with E-state index in [1.54, 1.807) is 0 Å². The van der Waals surface area contributed by atoms with Crippen LogP contribution in [-0.4, -0.2) is 21.2 Å². The van der Waals surface area contributed by atoms with Crippen LogP contribution in [0.3, 0.4) is 0 Å². The predicted molar refractivity (Wildman–Crippen MR) is 142 cm³/mol. The summed E-state index contributed by atoms with van der Waals surface area (Å²) in [6.07, 6.45) is 0. The standard InChI is InChI=1S/C28H25N3O3S/c1-16-9-10-18(3)22(13-16)29-24(32)15-35-28-30-25-21-7-5-6-8-23(21)34-26(25)27(33)31(28)20-12-11-17(2)19(4)14-20/h5-14H,15H2,1-4H3,(H,29,32). The molecule has 6 nitrogen and oxygen atoms in total. The summed E-state index contributed by atoms with van der Waals surface area (Å²) < 4.78 is 7.43. The van der Waals surface area contributed by atoms with Gasteiger partial charge in [-0.15, -0.1) is 0 Å². The first-order valence-electron chi connectivity index (χ1n) is 11.3. The fourth-order valence-electron chi connectivity index (χ4n) is 4.00. The molecule has 0 radical (unpaired) electrons. The van der Waals surface area contributed by atoms with Gasteiger partial charge in [-0.25, -0.2) is 4.98 Å². The smallest absolute Gasteiger partial charge is 0.302 e. The molecule has 0 fully saturated rings. The molecule has 176 valence electrons. The number of carbonyl (C=O) groups excluding carboxylic acids is 1. The minimum Gasteiger partial charge on any atom is -0.448 e. The predicted octanol–water partition coefficient (Wildman–Crippen LogP) is 6.10. The highest BCUT2D eigenvalue weighted by molar-refractivity contribution is 7.99. The van der Waals surface area contributed by atoms with Gasteiger partial charge in [-0.3, -0.25) is 14.2 Å². The van der Waals surface area contributed by atoms with Gasteiger partial charge in [0, 0.05) is 11.1 Å². The number of anilines is 1. The number of hydrogen-bond acceptors (Lipinski definition) is 5. The maximum atomic E-state index is 13.6. The summed E-state index contributed by atoms with van der Waals surface area (Å²) in [5.74, 6) is -0.0619. The van der Waals surface area contributed by atoms with Crippen LogP contribution in [0.25, 0.3) is 27.8 Å². The van der Waals surface area contributed by atoms with E-state index >= 15 is 0 Å². The second kappa shape index (κ2) is 9.07. The lowest BCUT2D eigenvalue weighted by atomic mass is 10.1. The van der Waals surface area contributed by atoms with Crippen molar-refractivity contribution >= 4 is 45.4 Å². The van der Waals surface area contributed by atoms with E-state index in [4.69, 9.17) is 9.40 Å². The molecule has 2 aromatic heterocycles. The molecule has 1 amide bonds. The van der Waals surface area contributed by atoms with E-state index in [0.717, 1.165) is 33.3 Å².